The lowest BCUT2D eigenvalue weighted by atomic mass is 10.0. The van der Waals surface area contributed by atoms with Crippen molar-refractivity contribution in [2.75, 3.05) is 0 Å². The zero-order valence-corrected chi connectivity index (χ0v) is 11.6. The Morgan fingerprint density at radius 2 is 2.17 bits per heavy atom. The number of rotatable bonds is 3. The smallest absolute Gasteiger partial charge is 0.127 e. The molecule has 94 valence electrons. The largest absolute Gasteiger partial charge is 0.386 e. The minimum atomic E-state index is -0.865. The highest BCUT2D eigenvalue weighted by Gasteiger charge is 2.15. The second-order valence-corrected chi connectivity index (χ2v) is 5.12. The van der Waals surface area contributed by atoms with Crippen LogP contribution in [-0.2, 0) is 6.42 Å². The Balaban J connectivity index is 2.21. The molecule has 1 aromatic heterocycles. The number of nitrogens with zero attached hydrogens (tertiary/aromatic N) is 1. The fourth-order valence-electron chi connectivity index (χ4n) is 1.64. The molecule has 5 heteroatoms. The average Bonchev–Trinajstić information content (AvgIpc) is 2.33. The molecule has 18 heavy (non-hydrogen) atoms. The summed E-state index contributed by atoms with van der Waals surface area (Å²) in [5.74, 6) is -0.423. The second-order valence-electron chi connectivity index (χ2n) is 3.83. The maximum atomic E-state index is 13.6. The molecule has 0 aliphatic rings. The van der Waals surface area contributed by atoms with E-state index in [1.807, 2.05) is 0 Å². The van der Waals surface area contributed by atoms with Gasteiger partial charge in [-0.1, -0.05) is 17.7 Å². The van der Waals surface area contributed by atoms with Crippen molar-refractivity contribution in [1.29, 1.82) is 0 Å². The van der Waals surface area contributed by atoms with Crippen LogP contribution < -0.4 is 0 Å². The maximum Gasteiger partial charge on any atom is 0.127 e. The summed E-state index contributed by atoms with van der Waals surface area (Å²) >= 11 is 8.98. The lowest BCUT2D eigenvalue weighted by Gasteiger charge is -2.12. The summed E-state index contributed by atoms with van der Waals surface area (Å²) in [6.07, 6.45) is 0.872. The molecule has 0 aliphatic carbocycles. The van der Waals surface area contributed by atoms with Crippen molar-refractivity contribution in [3.05, 3.63) is 63.1 Å². The first-order valence-corrected chi connectivity index (χ1v) is 6.47. The molecule has 1 heterocycles. The molecule has 0 fully saturated rings. The summed E-state index contributed by atoms with van der Waals surface area (Å²) in [6, 6.07) is 7.93. The van der Waals surface area contributed by atoms with Gasteiger partial charge in [0.15, 0.2) is 0 Å². The SMILES string of the molecule is OC(Cc1ccc(Cl)cc1F)c1ncccc1Br. The van der Waals surface area contributed by atoms with E-state index in [2.05, 4.69) is 20.9 Å². The molecule has 0 saturated carbocycles. The summed E-state index contributed by atoms with van der Waals surface area (Å²) in [4.78, 5) is 4.08. The summed E-state index contributed by atoms with van der Waals surface area (Å²) in [5.41, 5.74) is 0.899. The summed E-state index contributed by atoms with van der Waals surface area (Å²) in [7, 11) is 0. The van der Waals surface area contributed by atoms with Crippen LogP contribution in [0.4, 0.5) is 4.39 Å². The molecule has 0 aliphatic heterocycles. The molecule has 0 spiro atoms. The van der Waals surface area contributed by atoms with Gasteiger partial charge in [0.05, 0.1) is 5.69 Å². The molecule has 1 atom stereocenters. The highest BCUT2D eigenvalue weighted by atomic mass is 79.9. The van der Waals surface area contributed by atoms with Crippen LogP contribution in [0.3, 0.4) is 0 Å². The zero-order chi connectivity index (χ0) is 13.1. The van der Waals surface area contributed by atoms with Gasteiger partial charge in [0.2, 0.25) is 0 Å². The molecule has 1 unspecified atom stereocenters. The first-order chi connectivity index (χ1) is 8.58. The molecule has 2 aromatic rings. The third-order valence-electron chi connectivity index (χ3n) is 2.53. The molecule has 1 aromatic carbocycles. The van der Waals surface area contributed by atoms with Crippen LogP contribution in [0.2, 0.25) is 5.02 Å². The van der Waals surface area contributed by atoms with Crippen molar-refractivity contribution in [1.82, 2.24) is 4.98 Å². The molecular formula is C13H10BrClFNO. The lowest BCUT2D eigenvalue weighted by Crippen LogP contribution is -2.06. The Morgan fingerprint density at radius 1 is 1.39 bits per heavy atom. The maximum absolute atomic E-state index is 13.6. The number of pyridine rings is 1. The van der Waals surface area contributed by atoms with Crippen molar-refractivity contribution in [3.63, 3.8) is 0 Å². The van der Waals surface area contributed by atoms with Gasteiger partial charge in [-0.05, 0) is 45.8 Å². The van der Waals surface area contributed by atoms with Crippen molar-refractivity contribution in [3.8, 4) is 0 Å². The fourth-order valence-corrected chi connectivity index (χ4v) is 2.31. The Kier molecular flexibility index (Phi) is 4.32. The zero-order valence-electron chi connectivity index (χ0n) is 9.28. The van der Waals surface area contributed by atoms with Crippen molar-refractivity contribution >= 4 is 27.5 Å². The first kappa shape index (κ1) is 13.5. The molecule has 0 radical (unpaired) electrons. The highest BCUT2D eigenvalue weighted by molar-refractivity contribution is 9.10. The van der Waals surface area contributed by atoms with Gasteiger partial charge >= 0.3 is 0 Å². The number of aromatic nitrogens is 1. The van der Waals surface area contributed by atoms with E-state index in [0.717, 1.165) is 0 Å². The summed E-state index contributed by atoms with van der Waals surface area (Å²) in [6.45, 7) is 0. The topological polar surface area (TPSA) is 33.1 Å². The van der Waals surface area contributed by atoms with E-state index in [1.54, 1.807) is 30.5 Å². The van der Waals surface area contributed by atoms with Crippen molar-refractivity contribution in [2.24, 2.45) is 0 Å². The Bertz CT molecular complexity index is 564. The van der Waals surface area contributed by atoms with Crippen molar-refractivity contribution in [2.45, 2.75) is 12.5 Å². The number of hydrogen-bond acceptors (Lipinski definition) is 2. The quantitative estimate of drug-likeness (QED) is 0.925. The molecule has 2 nitrogen and oxygen atoms in total. The second kappa shape index (κ2) is 5.78. The van der Waals surface area contributed by atoms with E-state index in [0.29, 0.717) is 20.8 Å². The van der Waals surface area contributed by atoms with E-state index in [4.69, 9.17) is 11.6 Å². The van der Waals surface area contributed by atoms with Gasteiger partial charge in [-0.15, -0.1) is 0 Å². The number of halogens is 3. The lowest BCUT2D eigenvalue weighted by molar-refractivity contribution is 0.171. The Labute approximate surface area is 118 Å². The van der Waals surface area contributed by atoms with Gasteiger partial charge in [-0.3, -0.25) is 4.98 Å². The van der Waals surface area contributed by atoms with Crippen LogP contribution in [0.1, 0.15) is 17.4 Å². The average molecular weight is 331 g/mol. The van der Waals surface area contributed by atoms with E-state index >= 15 is 0 Å². The number of hydrogen-bond donors (Lipinski definition) is 1. The van der Waals surface area contributed by atoms with E-state index in [9.17, 15) is 9.50 Å². The van der Waals surface area contributed by atoms with E-state index in [-0.39, 0.29) is 6.42 Å². The minimum absolute atomic E-state index is 0.151. The predicted molar refractivity (Wildman–Crippen MR) is 72.0 cm³/mol. The molecule has 1 N–H and O–H groups in total. The van der Waals surface area contributed by atoms with Crippen molar-refractivity contribution < 1.29 is 9.50 Å². The van der Waals surface area contributed by atoms with Crippen LogP contribution in [0, 0.1) is 5.82 Å². The molecule has 0 amide bonds. The van der Waals surface area contributed by atoms with Crippen LogP contribution in [0.25, 0.3) is 0 Å². The van der Waals surface area contributed by atoms with E-state index < -0.39 is 11.9 Å². The van der Waals surface area contributed by atoms with Crippen LogP contribution in [0.5, 0.6) is 0 Å². The number of benzene rings is 1. The third kappa shape index (κ3) is 3.07. The van der Waals surface area contributed by atoms with Gasteiger partial charge in [0.1, 0.15) is 11.9 Å². The monoisotopic (exact) mass is 329 g/mol. The van der Waals surface area contributed by atoms with Crippen LogP contribution in [0.15, 0.2) is 41.0 Å². The fraction of sp³-hybridized carbons (Fsp3) is 0.154. The van der Waals surface area contributed by atoms with Gasteiger partial charge in [0.25, 0.3) is 0 Å². The number of aliphatic hydroxyl groups excluding tert-OH is 1. The normalized spacial score (nSPS) is 12.4. The molecule has 0 saturated heterocycles. The van der Waals surface area contributed by atoms with Crippen LogP contribution in [-0.4, -0.2) is 10.1 Å². The minimum Gasteiger partial charge on any atom is -0.386 e. The van der Waals surface area contributed by atoms with Gasteiger partial charge in [-0.2, -0.15) is 0 Å². The summed E-state index contributed by atoms with van der Waals surface area (Å²) < 4.78 is 14.3. The third-order valence-corrected chi connectivity index (χ3v) is 3.44. The van der Waals surface area contributed by atoms with Gasteiger partial charge < -0.3 is 5.11 Å². The highest BCUT2D eigenvalue weighted by Crippen LogP contribution is 2.25. The van der Waals surface area contributed by atoms with Gasteiger partial charge in [0, 0.05) is 22.1 Å². The van der Waals surface area contributed by atoms with Gasteiger partial charge in [-0.25, -0.2) is 4.39 Å². The first-order valence-electron chi connectivity index (χ1n) is 5.30. The number of aliphatic hydroxyl groups is 1. The van der Waals surface area contributed by atoms with Crippen LogP contribution >= 0.6 is 27.5 Å². The molecule has 0 bridgehead atoms. The Hall–Kier alpha value is -0.970. The predicted octanol–water partition coefficient (Wildman–Crippen LogP) is 3.91. The Morgan fingerprint density at radius 3 is 2.83 bits per heavy atom. The molecular weight excluding hydrogens is 321 g/mol. The standard InChI is InChI=1S/C13H10BrClFNO/c14-10-2-1-5-17-13(10)12(18)6-8-3-4-9(15)7-11(8)16/h1-5,7,12,18H,6H2. The van der Waals surface area contributed by atoms with E-state index in [1.165, 1.54) is 6.07 Å². The molecule has 2 rings (SSSR count). The summed E-state index contributed by atoms with van der Waals surface area (Å²) in [5, 5.41) is 10.4.